The van der Waals surface area contributed by atoms with Crippen LogP contribution in [0.3, 0.4) is 0 Å². The van der Waals surface area contributed by atoms with Crippen LogP contribution in [0.2, 0.25) is 5.02 Å². The summed E-state index contributed by atoms with van der Waals surface area (Å²) < 4.78 is 0. The highest BCUT2D eigenvalue weighted by Gasteiger charge is 2.31. The molecule has 1 saturated heterocycles. The lowest BCUT2D eigenvalue weighted by Crippen LogP contribution is -2.42. The first-order valence-electron chi connectivity index (χ1n) is 5.86. The van der Waals surface area contributed by atoms with Crippen molar-refractivity contribution in [3.05, 3.63) is 28.8 Å². The van der Waals surface area contributed by atoms with Crippen molar-refractivity contribution in [3.63, 3.8) is 0 Å². The highest BCUT2D eigenvalue weighted by Crippen LogP contribution is 2.32. The van der Waals surface area contributed by atoms with E-state index in [2.05, 4.69) is 11.4 Å². The first-order valence-corrected chi connectivity index (χ1v) is 6.23. The molecule has 1 aliphatic heterocycles. The van der Waals surface area contributed by atoms with Gasteiger partial charge in [-0.05, 0) is 25.0 Å². The lowest BCUT2D eigenvalue weighted by Gasteiger charge is -2.26. The maximum Gasteiger partial charge on any atom is 0.242 e. The fraction of sp³-hybridized carbons (Fsp3) is 0.385. The molecule has 0 radical (unpaired) electrons. The third kappa shape index (κ3) is 2.14. The second kappa shape index (κ2) is 5.28. The third-order valence-corrected chi connectivity index (χ3v) is 3.53. The van der Waals surface area contributed by atoms with Crippen molar-refractivity contribution in [3.8, 4) is 6.07 Å². The number of carbonyl (C=O) groups is 1. The smallest absolute Gasteiger partial charge is 0.242 e. The van der Waals surface area contributed by atoms with Crippen molar-refractivity contribution < 1.29 is 4.79 Å². The molecule has 1 unspecified atom stereocenters. The molecule has 94 valence electrons. The Morgan fingerprint density at radius 3 is 3.06 bits per heavy atom. The number of nitrogens with one attached hydrogen (secondary N) is 1. The van der Waals surface area contributed by atoms with Gasteiger partial charge in [0.25, 0.3) is 0 Å². The maximum absolute atomic E-state index is 11.8. The average molecular weight is 264 g/mol. The Morgan fingerprint density at radius 1 is 1.61 bits per heavy atom. The van der Waals surface area contributed by atoms with E-state index in [9.17, 15) is 10.1 Å². The van der Waals surface area contributed by atoms with Crippen molar-refractivity contribution in [2.75, 3.05) is 18.5 Å². The summed E-state index contributed by atoms with van der Waals surface area (Å²) >= 11 is 6.02. The van der Waals surface area contributed by atoms with Crippen LogP contribution in [0.4, 0.5) is 5.69 Å². The van der Waals surface area contributed by atoms with E-state index in [1.807, 2.05) is 11.0 Å². The zero-order valence-corrected chi connectivity index (χ0v) is 10.9. The lowest BCUT2D eigenvalue weighted by molar-refractivity contribution is -0.121. The molecule has 18 heavy (non-hydrogen) atoms. The van der Waals surface area contributed by atoms with Crippen LogP contribution in [0.15, 0.2) is 18.2 Å². The Balaban J connectivity index is 2.40. The summed E-state index contributed by atoms with van der Waals surface area (Å²) in [5.74, 6) is -0.0173. The van der Waals surface area contributed by atoms with Gasteiger partial charge in [0.15, 0.2) is 0 Å². The van der Waals surface area contributed by atoms with Gasteiger partial charge in [0, 0.05) is 13.6 Å². The van der Waals surface area contributed by atoms with Crippen LogP contribution in [-0.4, -0.2) is 25.5 Å². The van der Waals surface area contributed by atoms with Gasteiger partial charge in [-0.1, -0.05) is 17.7 Å². The minimum atomic E-state index is -0.208. The SMILES string of the molecule is CNC(=O)C1CCCN1c1cccc(Cl)c1C#N. The average Bonchev–Trinajstić information content (AvgIpc) is 2.86. The molecule has 0 spiro atoms. The van der Waals surface area contributed by atoms with Gasteiger partial charge in [0.2, 0.25) is 5.91 Å². The largest absolute Gasteiger partial charge is 0.358 e. The summed E-state index contributed by atoms with van der Waals surface area (Å²) in [4.78, 5) is 13.8. The van der Waals surface area contributed by atoms with Crippen LogP contribution in [0.1, 0.15) is 18.4 Å². The maximum atomic E-state index is 11.8. The zero-order valence-electron chi connectivity index (χ0n) is 10.1. The second-order valence-electron chi connectivity index (χ2n) is 4.21. The van der Waals surface area contributed by atoms with Gasteiger partial charge in [-0.2, -0.15) is 5.26 Å². The van der Waals surface area contributed by atoms with Gasteiger partial charge in [0.05, 0.1) is 16.3 Å². The van der Waals surface area contributed by atoms with Gasteiger partial charge in [0.1, 0.15) is 12.1 Å². The van der Waals surface area contributed by atoms with Crippen molar-refractivity contribution in [2.24, 2.45) is 0 Å². The molecule has 1 aromatic carbocycles. The fourth-order valence-electron chi connectivity index (χ4n) is 2.36. The van der Waals surface area contributed by atoms with E-state index in [0.29, 0.717) is 10.6 Å². The van der Waals surface area contributed by atoms with E-state index in [1.165, 1.54) is 0 Å². The second-order valence-corrected chi connectivity index (χ2v) is 4.62. The number of likely N-dealkylation sites (N-methyl/N-ethyl adjacent to an activating group) is 1. The van der Waals surface area contributed by atoms with E-state index in [0.717, 1.165) is 25.1 Å². The molecule has 1 heterocycles. The van der Waals surface area contributed by atoms with E-state index >= 15 is 0 Å². The number of carbonyl (C=O) groups excluding carboxylic acids is 1. The predicted molar refractivity (Wildman–Crippen MR) is 70.6 cm³/mol. The Labute approximate surface area is 111 Å². The molecule has 1 fully saturated rings. The Morgan fingerprint density at radius 2 is 2.39 bits per heavy atom. The quantitative estimate of drug-likeness (QED) is 0.887. The Bertz CT molecular complexity index is 509. The standard InChI is InChI=1S/C13H14ClN3O/c1-16-13(18)12-6-3-7-17(12)11-5-2-4-10(14)9(11)8-15/h2,4-5,12H,3,6-7H2,1H3,(H,16,18). The molecule has 0 aromatic heterocycles. The molecule has 4 nitrogen and oxygen atoms in total. The van der Waals surface area contributed by atoms with Crippen molar-refractivity contribution >= 4 is 23.2 Å². The van der Waals surface area contributed by atoms with Crippen molar-refractivity contribution in [1.82, 2.24) is 5.32 Å². The molecule has 0 aliphatic carbocycles. The van der Waals surface area contributed by atoms with E-state index in [-0.39, 0.29) is 11.9 Å². The van der Waals surface area contributed by atoms with Crippen LogP contribution < -0.4 is 10.2 Å². The molecular weight excluding hydrogens is 250 g/mol. The minimum Gasteiger partial charge on any atom is -0.358 e. The lowest BCUT2D eigenvalue weighted by atomic mass is 10.1. The minimum absolute atomic E-state index is 0.0173. The normalized spacial score (nSPS) is 18.5. The third-order valence-electron chi connectivity index (χ3n) is 3.21. The molecule has 1 amide bonds. The van der Waals surface area contributed by atoms with Crippen LogP contribution in [0, 0.1) is 11.3 Å². The van der Waals surface area contributed by atoms with E-state index in [1.54, 1.807) is 19.2 Å². The molecule has 2 rings (SSSR count). The highest BCUT2D eigenvalue weighted by atomic mass is 35.5. The van der Waals surface area contributed by atoms with Crippen molar-refractivity contribution in [1.29, 1.82) is 5.26 Å². The summed E-state index contributed by atoms with van der Waals surface area (Å²) in [6.07, 6.45) is 1.74. The van der Waals surface area contributed by atoms with Gasteiger partial charge >= 0.3 is 0 Å². The number of rotatable bonds is 2. The van der Waals surface area contributed by atoms with E-state index in [4.69, 9.17) is 11.6 Å². The first kappa shape index (κ1) is 12.7. The predicted octanol–water partition coefficient (Wildman–Crippen LogP) is 1.93. The summed E-state index contributed by atoms with van der Waals surface area (Å²) in [5, 5.41) is 12.3. The number of nitriles is 1. The van der Waals surface area contributed by atoms with E-state index < -0.39 is 0 Å². The van der Waals surface area contributed by atoms with Gasteiger partial charge < -0.3 is 10.2 Å². The zero-order chi connectivity index (χ0) is 13.1. The number of hydrogen-bond acceptors (Lipinski definition) is 3. The topological polar surface area (TPSA) is 56.1 Å². The van der Waals surface area contributed by atoms with Crippen LogP contribution in [0.5, 0.6) is 0 Å². The molecule has 1 atom stereocenters. The Kier molecular flexibility index (Phi) is 3.73. The molecular formula is C13H14ClN3O. The van der Waals surface area contributed by atoms with Gasteiger partial charge in [-0.25, -0.2) is 0 Å². The summed E-state index contributed by atoms with van der Waals surface area (Å²) in [7, 11) is 1.63. The first-order chi connectivity index (χ1) is 8.69. The summed E-state index contributed by atoms with van der Waals surface area (Å²) in [6, 6.07) is 7.24. The number of halogens is 1. The summed E-state index contributed by atoms with van der Waals surface area (Å²) in [5.41, 5.74) is 1.19. The summed E-state index contributed by atoms with van der Waals surface area (Å²) in [6.45, 7) is 0.771. The molecule has 1 aliphatic rings. The van der Waals surface area contributed by atoms with Gasteiger partial charge in [-0.15, -0.1) is 0 Å². The van der Waals surface area contributed by atoms with Crippen LogP contribution >= 0.6 is 11.6 Å². The van der Waals surface area contributed by atoms with Crippen LogP contribution in [0.25, 0.3) is 0 Å². The fourth-order valence-corrected chi connectivity index (χ4v) is 2.57. The molecule has 1 N–H and O–H groups in total. The number of anilines is 1. The molecule has 0 saturated carbocycles. The Hall–Kier alpha value is -1.73. The van der Waals surface area contributed by atoms with Crippen molar-refractivity contribution in [2.45, 2.75) is 18.9 Å². The van der Waals surface area contributed by atoms with Crippen LogP contribution in [-0.2, 0) is 4.79 Å². The highest BCUT2D eigenvalue weighted by molar-refractivity contribution is 6.32. The number of hydrogen-bond donors (Lipinski definition) is 1. The molecule has 1 aromatic rings. The molecule has 0 bridgehead atoms. The number of nitrogens with zero attached hydrogens (tertiary/aromatic N) is 2. The number of benzene rings is 1. The molecule has 5 heteroatoms. The van der Waals surface area contributed by atoms with Gasteiger partial charge in [-0.3, -0.25) is 4.79 Å². The number of amides is 1. The monoisotopic (exact) mass is 263 g/mol.